The average molecular weight is 423 g/mol. The van der Waals surface area contributed by atoms with Crippen LogP contribution in [0.3, 0.4) is 0 Å². The molecule has 5 rings (SSSR count). The molecule has 0 aliphatic carbocycles. The SMILES string of the molecule is Cc1ccc2c(C(C)C)nn(-c3noc(C4CCN(CC5CCNCC5)CC4)n3)c2c1. The first-order valence-electron chi connectivity index (χ1n) is 11.8. The third kappa shape index (κ3) is 4.26. The van der Waals surface area contributed by atoms with E-state index in [0.29, 0.717) is 17.8 Å². The fourth-order valence-electron chi connectivity index (χ4n) is 5.10. The zero-order valence-electron chi connectivity index (χ0n) is 19.0. The standard InChI is InChI=1S/C24H34N6O/c1-16(2)22-20-5-4-17(3)14-21(20)30(27-22)24-26-23(31-28-24)19-8-12-29(13-9-19)15-18-6-10-25-11-7-18/h4-5,14,16,18-19,25H,6-13,15H2,1-3H3. The molecule has 0 unspecified atom stereocenters. The lowest BCUT2D eigenvalue weighted by Gasteiger charge is -2.34. The Balaban J connectivity index is 1.30. The van der Waals surface area contributed by atoms with Gasteiger partial charge in [-0.3, -0.25) is 0 Å². The van der Waals surface area contributed by atoms with Crippen molar-refractivity contribution in [1.82, 2.24) is 30.1 Å². The maximum absolute atomic E-state index is 5.74. The van der Waals surface area contributed by atoms with Crippen LogP contribution in [0.1, 0.15) is 68.5 Å². The fraction of sp³-hybridized carbons (Fsp3) is 0.625. The van der Waals surface area contributed by atoms with Gasteiger partial charge in [0.1, 0.15) is 0 Å². The first kappa shape index (κ1) is 20.6. The number of nitrogens with zero attached hydrogens (tertiary/aromatic N) is 5. The molecule has 0 saturated carbocycles. The number of rotatable bonds is 5. The summed E-state index contributed by atoms with van der Waals surface area (Å²) in [5, 5.41) is 13.8. The molecular weight excluding hydrogens is 388 g/mol. The van der Waals surface area contributed by atoms with Crippen LogP contribution < -0.4 is 5.32 Å². The molecule has 2 saturated heterocycles. The first-order chi connectivity index (χ1) is 15.1. The average Bonchev–Trinajstić information content (AvgIpc) is 3.40. The van der Waals surface area contributed by atoms with E-state index >= 15 is 0 Å². The topological polar surface area (TPSA) is 72.0 Å². The minimum atomic E-state index is 0.335. The Hall–Kier alpha value is -2.25. The van der Waals surface area contributed by atoms with Gasteiger partial charge in [0.15, 0.2) is 0 Å². The molecular formula is C24H34N6O. The van der Waals surface area contributed by atoms with Crippen LogP contribution in [-0.4, -0.2) is 57.5 Å². The van der Waals surface area contributed by atoms with Crippen molar-refractivity contribution in [3.05, 3.63) is 35.3 Å². The van der Waals surface area contributed by atoms with Crippen molar-refractivity contribution in [3.63, 3.8) is 0 Å². The van der Waals surface area contributed by atoms with Gasteiger partial charge in [-0.2, -0.15) is 14.8 Å². The lowest BCUT2D eigenvalue weighted by atomic mass is 9.93. The van der Waals surface area contributed by atoms with Gasteiger partial charge in [-0.05, 0) is 87.4 Å². The van der Waals surface area contributed by atoms with Crippen molar-refractivity contribution in [3.8, 4) is 5.95 Å². The van der Waals surface area contributed by atoms with Gasteiger partial charge in [0, 0.05) is 17.8 Å². The van der Waals surface area contributed by atoms with Gasteiger partial charge in [0.05, 0.1) is 11.2 Å². The Bertz CT molecular complexity index is 1020. The highest BCUT2D eigenvalue weighted by molar-refractivity contribution is 5.84. The molecule has 0 radical (unpaired) electrons. The van der Waals surface area contributed by atoms with E-state index < -0.39 is 0 Å². The molecule has 0 atom stereocenters. The van der Waals surface area contributed by atoms with E-state index in [2.05, 4.69) is 54.3 Å². The summed E-state index contributed by atoms with van der Waals surface area (Å²) in [5.74, 6) is 2.84. The summed E-state index contributed by atoms with van der Waals surface area (Å²) in [5.41, 5.74) is 3.33. The minimum Gasteiger partial charge on any atom is -0.337 e. The normalized spacial score (nSPS) is 19.6. The Labute approximate surface area is 184 Å². The molecule has 2 aromatic heterocycles. The molecule has 7 heteroatoms. The van der Waals surface area contributed by atoms with Crippen molar-refractivity contribution in [2.75, 3.05) is 32.7 Å². The summed E-state index contributed by atoms with van der Waals surface area (Å²) in [6, 6.07) is 6.45. The van der Waals surface area contributed by atoms with E-state index in [1.807, 2.05) is 4.68 Å². The van der Waals surface area contributed by atoms with Crippen molar-refractivity contribution in [2.24, 2.45) is 5.92 Å². The number of likely N-dealkylation sites (tertiary alicyclic amines) is 1. The molecule has 0 spiro atoms. The van der Waals surface area contributed by atoms with Gasteiger partial charge < -0.3 is 14.7 Å². The summed E-state index contributed by atoms with van der Waals surface area (Å²) >= 11 is 0. The molecule has 166 valence electrons. The molecule has 4 heterocycles. The minimum absolute atomic E-state index is 0.335. The second-order valence-electron chi connectivity index (χ2n) is 9.67. The second-order valence-corrected chi connectivity index (χ2v) is 9.67. The molecule has 0 amide bonds. The molecule has 2 aliphatic heterocycles. The lowest BCUT2D eigenvalue weighted by molar-refractivity contribution is 0.157. The van der Waals surface area contributed by atoms with Crippen LogP contribution in [0.2, 0.25) is 0 Å². The largest absolute Gasteiger partial charge is 0.337 e. The zero-order chi connectivity index (χ0) is 21.4. The number of aromatic nitrogens is 4. The third-order valence-electron chi connectivity index (χ3n) is 6.94. The maximum Gasteiger partial charge on any atom is 0.291 e. The number of hydrogen-bond acceptors (Lipinski definition) is 6. The van der Waals surface area contributed by atoms with Crippen molar-refractivity contribution < 1.29 is 4.52 Å². The molecule has 0 bridgehead atoms. The maximum atomic E-state index is 5.74. The van der Waals surface area contributed by atoms with Crippen LogP contribution in [0, 0.1) is 12.8 Å². The lowest BCUT2D eigenvalue weighted by Crippen LogP contribution is -2.39. The summed E-state index contributed by atoms with van der Waals surface area (Å²) in [6.07, 6.45) is 4.79. The highest BCUT2D eigenvalue weighted by atomic mass is 16.5. The number of nitrogens with one attached hydrogen (secondary N) is 1. The Kier molecular flexibility index (Phi) is 5.80. The van der Waals surface area contributed by atoms with Crippen LogP contribution in [0.4, 0.5) is 0 Å². The molecule has 1 aromatic carbocycles. The molecule has 2 aliphatic rings. The van der Waals surface area contributed by atoms with Crippen LogP contribution in [0.15, 0.2) is 22.7 Å². The fourth-order valence-corrected chi connectivity index (χ4v) is 5.10. The number of aryl methyl sites for hydroxylation is 1. The predicted molar refractivity (Wildman–Crippen MR) is 122 cm³/mol. The Morgan fingerprint density at radius 1 is 1.13 bits per heavy atom. The van der Waals surface area contributed by atoms with Gasteiger partial charge in [-0.15, -0.1) is 0 Å². The van der Waals surface area contributed by atoms with E-state index in [0.717, 1.165) is 54.3 Å². The first-order valence-corrected chi connectivity index (χ1v) is 11.8. The summed E-state index contributed by atoms with van der Waals surface area (Å²) < 4.78 is 7.60. The van der Waals surface area contributed by atoms with Gasteiger partial charge >= 0.3 is 0 Å². The Morgan fingerprint density at radius 3 is 2.65 bits per heavy atom. The molecule has 3 aromatic rings. The predicted octanol–water partition coefficient (Wildman–Crippen LogP) is 4.02. The third-order valence-corrected chi connectivity index (χ3v) is 6.94. The summed E-state index contributed by atoms with van der Waals surface area (Å²) in [4.78, 5) is 7.42. The molecule has 7 nitrogen and oxygen atoms in total. The molecule has 1 N–H and O–H groups in total. The van der Waals surface area contributed by atoms with Gasteiger partial charge in [-0.25, -0.2) is 0 Å². The van der Waals surface area contributed by atoms with E-state index in [-0.39, 0.29) is 0 Å². The highest BCUT2D eigenvalue weighted by Gasteiger charge is 2.28. The van der Waals surface area contributed by atoms with E-state index in [1.165, 1.54) is 38.0 Å². The molecule has 2 fully saturated rings. The molecule has 31 heavy (non-hydrogen) atoms. The monoisotopic (exact) mass is 422 g/mol. The van der Waals surface area contributed by atoms with E-state index in [1.54, 1.807) is 0 Å². The van der Waals surface area contributed by atoms with Gasteiger partial charge in [0.2, 0.25) is 5.89 Å². The number of fused-ring (bicyclic) bond motifs is 1. The zero-order valence-corrected chi connectivity index (χ0v) is 19.0. The number of benzene rings is 1. The van der Waals surface area contributed by atoms with E-state index in [9.17, 15) is 0 Å². The smallest absolute Gasteiger partial charge is 0.291 e. The number of hydrogen-bond donors (Lipinski definition) is 1. The van der Waals surface area contributed by atoms with E-state index in [4.69, 9.17) is 14.6 Å². The summed E-state index contributed by atoms with van der Waals surface area (Å²) in [7, 11) is 0. The van der Waals surface area contributed by atoms with Crippen molar-refractivity contribution in [2.45, 2.75) is 58.3 Å². The highest BCUT2D eigenvalue weighted by Crippen LogP contribution is 2.30. The van der Waals surface area contributed by atoms with Gasteiger partial charge in [0.25, 0.3) is 5.95 Å². The van der Waals surface area contributed by atoms with Crippen LogP contribution >= 0.6 is 0 Å². The van der Waals surface area contributed by atoms with Gasteiger partial charge in [-0.1, -0.05) is 26.0 Å². The van der Waals surface area contributed by atoms with Crippen molar-refractivity contribution >= 4 is 10.9 Å². The number of piperidine rings is 2. The Morgan fingerprint density at radius 2 is 1.90 bits per heavy atom. The second kappa shape index (κ2) is 8.71. The van der Waals surface area contributed by atoms with Crippen LogP contribution in [0.25, 0.3) is 16.9 Å². The van der Waals surface area contributed by atoms with Crippen LogP contribution in [0.5, 0.6) is 0 Å². The summed E-state index contributed by atoms with van der Waals surface area (Å²) in [6.45, 7) is 12.3. The van der Waals surface area contributed by atoms with Crippen molar-refractivity contribution in [1.29, 1.82) is 0 Å². The quantitative estimate of drug-likeness (QED) is 0.670. The van der Waals surface area contributed by atoms with Crippen LogP contribution in [-0.2, 0) is 0 Å².